The quantitative estimate of drug-likeness (QED) is 0.177. The lowest BCUT2D eigenvalue weighted by Gasteiger charge is -2.46. The predicted molar refractivity (Wildman–Crippen MR) is 241 cm³/mol. The van der Waals surface area contributed by atoms with Gasteiger partial charge in [-0.1, -0.05) is 188 Å². The molecular weight excluding hydrogens is 707 g/mol. The number of fused-ring (bicyclic) bond motifs is 10. The first-order valence-corrected chi connectivity index (χ1v) is 20.5. The largest absolute Gasteiger partial charge is 0.309 e. The fourth-order valence-electron chi connectivity index (χ4n) is 9.97. The zero-order valence-electron chi connectivity index (χ0n) is 31.1. The third-order valence-corrected chi connectivity index (χ3v) is 13.4. The molecule has 0 saturated carbocycles. The van der Waals surface area contributed by atoms with Gasteiger partial charge < -0.3 is 4.90 Å². The Balaban J connectivity index is 1.22. The summed E-state index contributed by atoms with van der Waals surface area (Å²) >= 11 is 1.89. The Morgan fingerprint density at radius 3 is 1.77 bits per heavy atom. The molecule has 0 N–H and O–H groups in total. The summed E-state index contributed by atoms with van der Waals surface area (Å²) in [6.45, 7) is 0. The summed E-state index contributed by atoms with van der Waals surface area (Å²) in [5, 5.41) is 7.43. The minimum Gasteiger partial charge on any atom is -0.309 e. The molecule has 0 saturated heterocycles. The van der Waals surface area contributed by atoms with Gasteiger partial charge in [-0.3, -0.25) is 0 Å². The van der Waals surface area contributed by atoms with Crippen LogP contribution < -0.4 is 4.90 Å². The Morgan fingerprint density at radius 1 is 0.368 bits per heavy atom. The van der Waals surface area contributed by atoms with Crippen LogP contribution in [0.4, 0.5) is 17.1 Å². The van der Waals surface area contributed by atoms with Gasteiger partial charge in [0.2, 0.25) is 0 Å². The molecule has 1 nitrogen and oxygen atoms in total. The zero-order valence-corrected chi connectivity index (χ0v) is 31.9. The SMILES string of the molecule is c1ccc(-c2c(N(c3ccc4ccccc4c3)c3ccc4c5c(cccc35)C3(c5ccccc5Sc5ccccc53)c3ccccc3-4)ccc3ccccc23)cc1. The Labute approximate surface area is 336 Å². The van der Waals surface area contributed by atoms with Gasteiger partial charge in [0, 0.05) is 26.4 Å². The molecule has 1 heterocycles. The average molecular weight is 742 g/mol. The number of benzene rings is 10. The molecule has 1 spiro atoms. The van der Waals surface area contributed by atoms with Gasteiger partial charge in [-0.05, 0) is 102 Å². The summed E-state index contributed by atoms with van der Waals surface area (Å²) in [5.41, 5.74) is 13.3. The molecule has 10 aromatic carbocycles. The molecule has 266 valence electrons. The summed E-state index contributed by atoms with van der Waals surface area (Å²) in [6, 6.07) is 79.0. The highest BCUT2D eigenvalue weighted by atomic mass is 32.2. The average Bonchev–Trinajstić information content (AvgIpc) is 3.28. The van der Waals surface area contributed by atoms with E-state index in [1.165, 1.54) is 86.6 Å². The van der Waals surface area contributed by atoms with Crippen LogP contribution in [0.5, 0.6) is 0 Å². The van der Waals surface area contributed by atoms with Crippen LogP contribution in [0.2, 0.25) is 0 Å². The lowest BCUT2D eigenvalue weighted by Crippen LogP contribution is -2.36. The normalized spacial score (nSPS) is 13.3. The molecule has 2 aliphatic rings. The second-order valence-corrected chi connectivity index (χ2v) is 16.2. The lowest BCUT2D eigenvalue weighted by atomic mass is 9.59. The van der Waals surface area contributed by atoms with Gasteiger partial charge in [0.05, 0.1) is 16.8 Å². The fourth-order valence-corrected chi connectivity index (χ4v) is 11.2. The second-order valence-electron chi connectivity index (χ2n) is 15.2. The van der Waals surface area contributed by atoms with Crippen molar-refractivity contribution in [3.63, 3.8) is 0 Å². The van der Waals surface area contributed by atoms with Gasteiger partial charge >= 0.3 is 0 Å². The first kappa shape index (κ1) is 32.4. The summed E-state index contributed by atoms with van der Waals surface area (Å²) in [5.74, 6) is 0. The summed E-state index contributed by atoms with van der Waals surface area (Å²) in [7, 11) is 0. The third kappa shape index (κ3) is 4.65. The van der Waals surface area contributed by atoms with Crippen molar-refractivity contribution in [2.45, 2.75) is 15.2 Å². The lowest BCUT2D eigenvalue weighted by molar-refractivity contribution is 0.707. The Bertz CT molecular complexity index is 3190. The molecule has 10 aromatic rings. The molecule has 0 aromatic heterocycles. The molecule has 0 radical (unpaired) electrons. The van der Waals surface area contributed by atoms with Crippen molar-refractivity contribution in [3.8, 4) is 22.3 Å². The zero-order chi connectivity index (χ0) is 37.5. The molecule has 2 heteroatoms. The van der Waals surface area contributed by atoms with E-state index in [4.69, 9.17) is 0 Å². The van der Waals surface area contributed by atoms with Gasteiger partial charge in [0.25, 0.3) is 0 Å². The summed E-state index contributed by atoms with van der Waals surface area (Å²) in [4.78, 5) is 5.14. The van der Waals surface area contributed by atoms with E-state index in [1.807, 2.05) is 11.8 Å². The molecule has 57 heavy (non-hydrogen) atoms. The molecule has 1 aliphatic carbocycles. The first-order valence-electron chi connectivity index (χ1n) is 19.7. The Kier molecular flexibility index (Phi) is 7.14. The summed E-state index contributed by atoms with van der Waals surface area (Å²) < 4.78 is 0. The van der Waals surface area contributed by atoms with Gasteiger partial charge in [-0.25, -0.2) is 0 Å². The summed E-state index contributed by atoms with van der Waals surface area (Å²) in [6.07, 6.45) is 0. The van der Waals surface area contributed by atoms with E-state index in [2.05, 4.69) is 217 Å². The number of rotatable bonds is 4. The van der Waals surface area contributed by atoms with Crippen LogP contribution in [0.1, 0.15) is 22.3 Å². The van der Waals surface area contributed by atoms with E-state index < -0.39 is 5.41 Å². The van der Waals surface area contributed by atoms with Crippen LogP contribution in [0, 0.1) is 0 Å². The Hall–Kier alpha value is -6.87. The van der Waals surface area contributed by atoms with Crippen molar-refractivity contribution in [1.29, 1.82) is 0 Å². The molecule has 0 fully saturated rings. The molecule has 0 bridgehead atoms. The molecule has 0 amide bonds. The van der Waals surface area contributed by atoms with E-state index >= 15 is 0 Å². The third-order valence-electron chi connectivity index (χ3n) is 12.3. The number of nitrogens with zero attached hydrogens (tertiary/aromatic N) is 1. The second kappa shape index (κ2) is 12.6. The number of hydrogen-bond acceptors (Lipinski definition) is 2. The topological polar surface area (TPSA) is 3.24 Å². The van der Waals surface area contributed by atoms with Crippen LogP contribution in [-0.4, -0.2) is 0 Å². The van der Waals surface area contributed by atoms with Crippen LogP contribution in [0.25, 0.3) is 54.6 Å². The molecule has 0 unspecified atom stereocenters. The van der Waals surface area contributed by atoms with E-state index in [0.29, 0.717) is 0 Å². The van der Waals surface area contributed by atoms with Gasteiger partial charge in [-0.15, -0.1) is 0 Å². The fraction of sp³-hybridized carbons (Fsp3) is 0.0182. The van der Waals surface area contributed by atoms with Gasteiger partial charge in [-0.2, -0.15) is 0 Å². The van der Waals surface area contributed by atoms with E-state index in [0.717, 1.165) is 17.1 Å². The highest BCUT2D eigenvalue weighted by molar-refractivity contribution is 7.99. The maximum atomic E-state index is 2.52. The maximum Gasteiger partial charge on any atom is 0.0735 e. The predicted octanol–water partition coefficient (Wildman–Crippen LogP) is 15.1. The van der Waals surface area contributed by atoms with E-state index in [-0.39, 0.29) is 0 Å². The standard InChI is InChI=1S/C55H35NS/c1-2-17-38(18-3-1)53-41-20-7-6-16-37(41)30-33-50(53)56(40-31-29-36-15-4-5-19-39(36)35-40)49-34-32-43-42-21-8-9-23-45(42)55(48-26-14-22-44(49)54(43)48)46-24-10-12-27-51(46)57-52-28-13-11-25-47(52)55/h1-35H. The van der Waals surface area contributed by atoms with Crippen LogP contribution in [0.3, 0.4) is 0 Å². The van der Waals surface area contributed by atoms with Gasteiger partial charge in [0.1, 0.15) is 0 Å². The minimum absolute atomic E-state index is 0.494. The monoisotopic (exact) mass is 741 g/mol. The van der Waals surface area contributed by atoms with Crippen LogP contribution >= 0.6 is 11.8 Å². The van der Waals surface area contributed by atoms with Crippen LogP contribution in [0.15, 0.2) is 222 Å². The molecular formula is C55H35NS. The first-order chi connectivity index (χ1) is 28.3. The highest BCUT2D eigenvalue weighted by Gasteiger charge is 2.48. The van der Waals surface area contributed by atoms with Crippen molar-refractivity contribution >= 4 is 61.1 Å². The van der Waals surface area contributed by atoms with Crippen molar-refractivity contribution in [3.05, 3.63) is 235 Å². The van der Waals surface area contributed by atoms with Crippen molar-refractivity contribution in [1.82, 2.24) is 0 Å². The van der Waals surface area contributed by atoms with Crippen molar-refractivity contribution in [2.75, 3.05) is 4.90 Å². The molecule has 12 rings (SSSR count). The highest BCUT2D eigenvalue weighted by Crippen LogP contribution is 2.62. The smallest absolute Gasteiger partial charge is 0.0735 e. The molecule has 1 aliphatic heterocycles. The van der Waals surface area contributed by atoms with Crippen LogP contribution in [-0.2, 0) is 5.41 Å². The number of hydrogen-bond donors (Lipinski definition) is 0. The minimum atomic E-state index is -0.494. The van der Waals surface area contributed by atoms with Crippen molar-refractivity contribution < 1.29 is 0 Å². The maximum absolute atomic E-state index is 2.52. The van der Waals surface area contributed by atoms with E-state index in [1.54, 1.807) is 0 Å². The number of anilines is 3. The Morgan fingerprint density at radius 2 is 0.965 bits per heavy atom. The van der Waals surface area contributed by atoms with E-state index in [9.17, 15) is 0 Å². The van der Waals surface area contributed by atoms with Crippen molar-refractivity contribution in [2.24, 2.45) is 0 Å². The van der Waals surface area contributed by atoms with Gasteiger partial charge in [0.15, 0.2) is 0 Å². The molecule has 0 atom stereocenters.